The molecule has 0 atom stereocenters. The van der Waals surface area contributed by atoms with Crippen molar-refractivity contribution in [1.29, 1.82) is 0 Å². The summed E-state index contributed by atoms with van der Waals surface area (Å²) >= 11 is 4.79. The van der Waals surface area contributed by atoms with Crippen molar-refractivity contribution >= 4 is 43.7 Å². The number of halogens is 1. The lowest BCUT2D eigenvalue weighted by Crippen LogP contribution is -2.00. The number of Topliss-reactive ketones (excluding diaryl/α,β-unsaturated/α-hetero) is 1. The Bertz CT molecular complexity index is 655. The molecule has 0 saturated carbocycles. The van der Waals surface area contributed by atoms with Crippen molar-refractivity contribution in [2.24, 2.45) is 0 Å². The lowest BCUT2D eigenvalue weighted by Gasteiger charge is -2.07. The van der Waals surface area contributed by atoms with Crippen LogP contribution < -0.4 is 15.8 Å². The van der Waals surface area contributed by atoms with Gasteiger partial charge in [-0.15, -0.1) is 11.3 Å². The van der Waals surface area contributed by atoms with Crippen LogP contribution in [0.5, 0.6) is 5.75 Å². The number of benzene rings is 1. The number of methoxy groups -OCH3 is 1. The number of rotatable bonds is 6. The van der Waals surface area contributed by atoms with E-state index in [0.29, 0.717) is 29.3 Å². The standard InChI is InChI=1S/C15H17BrN2O2S/c1-3-11(19)14-12(17)13(20-2)15(21-14)18-8-9-5-4-6-10(16)7-9/h4-7,18H,3,8,17H2,1-2H3. The predicted octanol–water partition coefficient (Wildman–Crippen LogP) is 4.31. The molecule has 0 fully saturated rings. The van der Waals surface area contributed by atoms with Crippen molar-refractivity contribution in [3.05, 3.63) is 39.2 Å². The van der Waals surface area contributed by atoms with E-state index in [1.165, 1.54) is 11.3 Å². The highest BCUT2D eigenvalue weighted by Gasteiger charge is 2.20. The molecule has 0 aliphatic heterocycles. The predicted molar refractivity (Wildman–Crippen MR) is 91.4 cm³/mol. The Kier molecular flexibility index (Phi) is 5.25. The number of hydrogen-bond acceptors (Lipinski definition) is 5. The molecule has 0 aliphatic carbocycles. The van der Waals surface area contributed by atoms with Gasteiger partial charge in [-0.3, -0.25) is 4.79 Å². The number of nitrogen functional groups attached to an aromatic ring is 1. The summed E-state index contributed by atoms with van der Waals surface area (Å²) in [4.78, 5) is 12.4. The van der Waals surface area contributed by atoms with Crippen molar-refractivity contribution in [3.8, 4) is 5.75 Å². The molecule has 0 spiro atoms. The average molecular weight is 369 g/mol. The number of carbonyl (C=O) groups excluding carboxylic acids is 1. The Morgan fingerprint density at radius 1 is 1.48 bits per heavy atom. The van der Waals surface area contributed by atoms with Crippen LogP contribution in [-0.4, -0.2) is 12.9 Å². The lowest BCUT2D eigenvalue weighted by molar-refractivity contribution is 0.0992. The number of thiophene rings is 1. The summed E-state index contributed by atoms with van der Waals surface area (Å²) in [7, 11) is 1.56. The molecule has 2 rings (SSSR count). The topological polar surface area (TPSA) is 64.3 Å². The highest BCUT2D eigenvalue weighted by molar-refractivity contribution is 9.10. The second kappa shape index (κ2) is 6.95. The van der Waals surface area contributed by atoms with Gasteiger partial charge in [0, 0.05) is 17.4 Å². The van der Waals surface area contributed by atoms with E-state index in [4.69, 9.17) is 10.5 Å². The molecule has 1 aromatic carbocycles. The van der Waals surface area contributed by atoms with E-state index >= 15 is 0 Å². The Labute approximate surface area is 136 Å². The van der Waals surface area contributed by atoms with Gasteiger partial charge < -0.3 is 15.8 Å². The zero-order valence-corrected chi connectivity index (χ0v) is 14.3. The van der Waals surface area contributed by atoms with E-state index in [2.05, 4.69) is 21.2 Å². The van der Waals surface area contributed by atoms with E-state index in [0.717, 1.165) is 15.0 Å². The van der Waals surface area contributed by atoms with E-state index in [9.17, 15) is 4.79 Å². The maximum atomic E-state index is 11.9. The summed E-state index contributed by atoms with van der Waals surface area (Å²) in [5.74, 6) is 0.582. The average Bonchev–Trinajstić information content (AvgIpc) is 2.80. The van der Waals surface area contributed by atoms with Gasteiger partial charge in [0.15, 0.2) is 11.5 Å². The van der Waals surface area contributed by atoms with Crippen LogP contribution >= 0.6 is 27.3 Å². The third-order valence-corrected chi connectivity index (χ3v) is 4.70. The summed E-state index contributed by atoms with van der Waals surface area (Å²) < 4.78 is 6.35. The minimum absolute atomic E-state index is 0.0336. The third-order valence-electron chi connectivity index (χ3n) is 3.02. The van der Waals surface area contributed by atoms with Crippen LogP contribution in [0.25, 0.3) is 0 Å². The maximum Gasteiger partial charge on any atom is 0.176 e. The van der Waals surface area contributed by atoms with Crippen LogP contribution in [0.3, 0.4) is 0 Å². The first-order valence-corrected chi connectivity index (χ1v) is 8.15. The number of anilines is 2. The van der Waals surface area contributed by atoms with Crippen LogP contribution in [0.15, 0.2) is 28.7 Å². The molecule has 4 nitrogen and oxygen atoms in total. The van der Waals surface area contributed by atoms with Gasteiger partial charge in [0.2, 0.25) is 0 Å². The number of nitrogens with two attached hydrogens (primary N) is 1. The molecular weight excluding hydrogens is 352 g/mol. The van der Waals surface area contributed by atoms with Gasteiger partial charge in [-0.1, -0.05) is 35.0 Å². The minimum atomic E-state index is 0.0336. The van der Waals surface area contributed by atoms with Crippen molar-refractivity contribution in [2.75, 3.05) is 18.2 Å². The smallest absolute Gasteiger partial charge is 0.176 e. The summed E-state index contributed by atoms with van der Waals surface area (Å²) in [5.41, 5.74) is 7.55. The summed E-state index contributed by atoms with van der Waals surface area (Å²) in [6, 6.07) is 8.02. The maximum absolute atomic E-state index is 11.9. The first-order chi connectivity index (χ1) is 10.1. The first-order valence-electron chi connectivity index (χ1n) is 6.54. The third kappa shape index (κ3) is 3.57. The minimum Gasteiger partial charge on any atom is -0.492 e. The number of ketones is 1. The molecular formula is C15H17BrN2O2S. The monoisotopic (exact) mass is 368 g/mol. The van der Waals surface area contributed by atoms with Crippen LogP contribution in [0.2, 0.25) is 0 Å². The van der Waals surface area contributed by atoms with Crippen molar-refractivity contribution < 1.29 is 9.53 Å². The highest BCUT2D eigenvalue weighted by atomic mass is 79.9. The molecule has 0 saturated heterocycles. The quantitative estimate of drug-likeness (QED) is 0.745. The van der Waals surface area contributed by atoms with Crippen LogP contribution in [-0.2, 0) is 6.54 Å². The number of ether oxygens (including phenoxy) is 1. The van der Waals surface area contributed by atoms with Crippen LogP contribution in [0.1, 0.15) is 28.6 Å². The lowest BCUT2D eigenvalue weighted by atomic mass is 10.2. The zero-order chi connectivity index (χ0) is 15.4. The SMILES string of the molecule is CCC(=O)c1sc(NCc2cccc(Br)c2)c(OC)c1N. The van der Waals surface area contributed by atoms with Gasteiger partial charge in [0.25, 0.3) is 0 Å². The van der Waals surface area contributed by atoms with Gasteiger partial charge in [-0.25, -0.2) is 0 Å². The van der Waals surface area contributed by atoms with Crippen molar-refractivity contribution in [1.82, 2.24) is 0 Å². The highest BCUT2D eigenvalue weighted by Crippen LogP contribution is 2.43. The van der Waals surface area contributed by atoms with Crippen LogP contribution in [0, 0.1) is 0 Å². The van der Waals surface area contributed by atoms with Gasteiger partial charge >= 0.3 is 0 Å². The molecule has 0 bridgehead atoms. The molecule has 0 radical (unpaired) electrons. The summed E-state index contributed by atoms with van der Waals surface area (Å²) in [6.07, 6.45) is 0.430. The Balaban J connectivity index is 2.21. The molecule has 2 aromatic rings. The van der Waals surface area contributed by atoms with Crippen molar-refractivity contribution in [2.45, 2.75) is 19.9 Å². The summed E-state index contributed by atoms with van der Waals surface area (Å²) in [5, 5.41) is 4.07. The fraction of sp³-hybridized carbons (Fsp3) is 0.267. The van der Waals surface area contributed by atoms with Crippen molar-refractivity contribution in [3.63, 3.8) is 0 Å². The Morgan fingerprint density at radius 2 is 2.24 bits per heavy atom. The number of carbonyl (C=O) groups is 1. The molecule has 0 unspecified atom stereocenters. The first kappa shape index (κ1) is 15.9. The van der Waals surface area contributed by atoms with Gasteiger partial charge in [-0.05, 0) is 17.7 Å². The molecule has 0 aliphatic rings. The fourth-order valence-electron chi connectivity index (χ4n) is 1.94. The molecule has 1 heterocycles. The molecule has 21 heavy (non-hydrogen) atoms. The van der Waals surface area contributed by atoms with E-state index in [1.54, 1.807) is 7.11 Å². The van der Waals surface area contributed by atoms with E-state index in [-0.39, 0.29) is 5.78 Å². The van der Waals surface area contributed by atoms with E-state index < -0.39 is 0 Å². The number of nitrogens with one attached hydrogen (secondary N) is 1. The van der Waals surface area contributed by atoms with Gasteiger partial charge in [-0.2, -0.15) is 0 Å². The van der Waals surface area contributed by atoms with E-state index in [1.807, 2.05) is 31.2 Å². The fourth-order valence-corrected chi connectivity index (χ4v) is 3.49. The molecule has 112 valence electrons. The molecule has 6 heteroatoms. The normalized spacial score (nSPS) is 10.4. The Morgan fingerprint density at radius 3 is 2.86 bits per heavy atom. The van der Waals surface area contributed by atoms with Gasteiger partial charge in [0.1, 0.15) is 5.00 Å². The van der Waals surface area contributed by atoms with Crippen LogP contribution in [0.4, 0.5) is 10.7 Å². The molecule has 3 N–H and O–H groups in total. The second-order valence-electron chi connectivity index (χ2n) is 4.47. The summed E-state index contributed by atoms with van der Waals surface area (Å²) in [6.45, 7) is 2.46. The molecule has 1 aromatic heterocycles. The Hall–Kier alpha value is -1.53. The molecule has 0 amide bonds. The largest absolute Gasteiger partial charge is 0.492 e. The number of hydrogen-bond donors (Lipinski definition) is 2. The zero-order valence-electron chi connectivity index (χ0n) is 11.9. The second-order valence-corrected chi connectivity index (χ2v) is 6.40. The van der Waals surface area contributed by atoms with Gasteiger partial charge in [0.05, 0.1) is 17.7 Å².